The Hall–Kier alpha value is -1.85. The van der Waals surface area contributed by atoms with Gasteiger partial charge < -0.3 is 4.98 Å². The number of halogens is 4. The number of alkyl halides is 4. The number of aryl methyl sites for hydroxylation is 1. The van der Waals surface area contributed by atoms with E-state index in [1.807, 2.05) is 0 Å². The zero-order chi connectivity index (χ0) is 13.5. The van der Waals surface area contributed by atoms with Gasteiger partial charge in [0, 0.05) is 22.7 Å². The van der Waals surface area contributed by atoms with Crippen LogP contribution in [0.15, 0.2) is 24.4 Å². The fourth-order valence-electron chi connectivity index (χ4n) is 1.71. The van der Waals surface area contributed by atoms with Crippen molar-refractivity contribution in [3.05, 3.63) is 35.5 Å². The molecule has 0 saturated carbocycles. The highest BCUT2D eigenvalue weighted by Crippen LogP contribution is 2.30. The molecule has 18 heavy (non-hydrogen) atoms. The number of hydrogen-bond acceptors (Lipinski definition) is 1. The lowest BCUT2D eigenvalue weighted by atomic mass is 10.0. The lowest BCUT2D eigenvalue weighted by Crippen LogP contribution is -2.36. The number of benzene rings is 1. The number of H-pyrrole nitrogens is 1. The molecular weight excluding hydrogens is 250 g/mol. The van der Waals surface area contributed by atoms with Gasteiger partial charge in [-0.2, -0.15) is 8.78 Å². The van der Waals surface area contributed by atoms with E-state index in [1.165, 1.54) is 6.07 Å². The number of aromatic amines is 1. The van der Waals surface area contributed by atoms with Crippen molar-refractivity contribution in [3.8, 4) is 0 Å². The summed E-state index contributed by atoms with van der Waals surface area (Å²) in [5.74, 6) is -6.53. The molecule has 0 atom stereocenters. The monoisotopic (exact) mass is 259 g/mol. The number of carbonyl (C=O) groups excluding carboxylic acids is 1. The molecule has 2 aromatic rings. The van der Waals surface area contributed by atoms with E-state index in [0.717, 1.165) is 11.8 Å². The normalized spacial score (nSPS) is 12.3. The van der Waals surface area contributed by atoms with Crippen molar-refractivity contribution < 1.29 is 22.4 Å². The molecule has 96 valence electrons. The minimum atomic E-state index is -4.67. The summed E-state index contributed by atoms with van der Waals surface area (Å²) in [7, 11) is 0. The lowest BCUT2D eigenvalue weighted by Gasteiger charge is -2.12. The summed E-state index contributed by atoms with van der Waals surface area (Å²) in [6.07, 6.45) is -2.98. The van der Waals surface area contributed by atoms with Gasteiger partial charge in [-0.1, -0.05) is 12.1 Å². The van der Waals surface area contributed by atoms with E-state index in [4.69, 9.17) is 0 Å². The second-order valence-corrected chi connectivity index (χ2v) is 4.00. The van der Waals surface area contributed by atoms with Gasteiger partial charge >= 0.3 is 12.3 Å². The summed E-state index contributed by atoms with van der Waals surface area (Å²) >= 11 is 0. The Balaban J connectivity index is 2.52. The zero-order valence-electron chi connectivity index (χ0n) is 9.31. The van der Waals surface area contributed by atoms with Crippen molar-refractivity contribution in [1.82, 2.24) is 4.98 Å². The van der Waals surface area contributed by atoms with Gasteiger partial charge in [0.25, 0.3) is 0 Å². The standard InChI is InChI=1S/C12H9F4NO/c1-6-2-3-7-8(5-17-9(7)4-6)10(18)12(15,16)11(13)14/h2-5,11,17H,1H3. The second kappa shape index (κ2) is 4.12. The maximum atomic E-state index is 13.0. The summed E-state index contributed by atoms with van der Waals surface area (Å²) < 4.78 is 50.3. The van der Waals surface area contributed by atoms with Gasteiger partial charge in [-0.15, -0.1) is 0 Å². The van der Waals surface area contributed by atoms with Gasteiger partial charge in [0.1, 0.15) is 0 Å². The first kappa shape index (κ1) is 12.6. The average molecular weight is 259 g/mol. The molecule has 2 nitrogen and oxygen atoms in total. The number of Topliss-reactive ketones (excluding diaryl/α,β-unsaturated/α-hetero) is 1. The quantitative estimate of drug-likeness (QED) is 0.663. The third-order valence-electron chi connectivity index (χ3n) is 2.66. The molecule has 0 saturated heterocycles. The first-order valence-electron chi connectivity index (χ1n) is 5.12. The Kier molecular flexibility index (Phi) is 2.88. The molecule has 2 rings (SSSR count). The van der Waals surface area contributed by atoms with Crippen LogP contribution in [0.5, 0.6) is 0 Å². The topological polar surface area (TPSA) is 32.9 Å². The molecule has 0 spiro atoms. The van der Waals surface area contributed by atoms with Crippen LogP contribution in [-0.2, 0) is 0 Å². The van der Waals surface area contributed by atoms with E-state index < -0.39 is 23.7 Å². The number of fused-ring (bicyclic) bond motifs is 1. The molecule has 1 N–H and O–H groups in total. The molecule has 0 amide bonds. The minimum Gasteiger partial charge on any atom is -0.360 e. The van der Waals surface area contributed by atoms with Gasteiger partial charge in [0.05, 0.1) is 0 Å². The maximum Gasteiger partial charge on any atom is 0.368 e. The number of ketones is 1. The SMILES string of the molecule is Cc1ccc2c(C(=O)C(F)(F)C(F)F)c[nH]c2c1. The van der Waals surface area contributed by atoms with Crippen LogP contribution in [0.4, 0.5) is 17.6 Å². The smallest absolute Gasteiger partial charge is 0.360 e. The van der Waals surface area contributed by atoms with Gasteiger partial charge in [0.15, 0.2) is 0 Å². The Bertz CT molecular complexity index is 603. The Morgan fingerprint density at radius 3 is 2.61 bits per heavy atom. The molecule has 6 heteroatoms. The highest BCUT2D eigenvalue weighted by atomic mass is 19.3. The fourth-order valence-corrected chi connectivity index (χ4v) is 1.71. The first-order chi connectivity index (χ1) is 8.34. The number of nitrogens with one attached hydrogen (secondary N) is 1. The van der Waals surface area contributed by atoms with Crippen molar-refractivity contribution in [2.45, 2.75) is 19.3 Å². The van der Waals surface area contributed by atoms with Crippen LogP contribution >= 0.6 is 0 Å². The summed E-state index contributed by atoms with van der Waals surface area (Å²) in [6, 6.07) is 4.72. The van der Waals surface area contributed by atoms with Crippen molar-refractivity contribution in [3.63, 3.8) is 0 Å². The zero-order valence-corrected chi connectivity index (χ0v) is 9.31. The van der Waals surface area contributed by atoms with Gasteiger partial charge in [-0.25, -0.2) is 8.78 Å². The van der Waals surface area contributed by atoms with Gasteiger partial charge in [-0.05, 0) is 18.6 Å². The third-order valence-corrected chi connectivity index (χ3v) is 2.66. The van der Waals surface area contributed by atoms with Gasteiger partial charge in [0.2, 0.25) is 5.78 Å². The van der Waals surface area contributed by atoms with E-state index in [1.54, 1.807) is 19.1 Å². The van der Waals surface area contributed by atoms with E-state index in [-0.39, 0.29) is 5.39 Å². The second-order valence-electron chi connectivity index (χ2n) is 4.00. The van der Waals surface area contributed by atoms with Crippen LogP contribution in [0.1, 0.15) is 15.9 Å². The summed E-state index contributed by atoms with van der Waals surface area (Å²) in [5.41, 5.74) is 0.905. The first-order valence-corrected chi connectivity index (χ1v) is 5.12. The molecule has 1 aromatic carbocycles. The van der Waals surface area contributed by atoms with E-state index in [9.17, 15) is 22.4 Å². The number of carbonyl (C=O) groups is 1. The maximum absolute atomic E-state index is 13.0. The highest BCUT2D eigenvalue weighted by molar-refractivity contribution is 6.11. The highest BCUT2D eigenvalue weighted by Gasteiger charge is 2.49. The Labute approximate surface area is 99.6 Å². The molecular formula is C12H9F4NO. The largest absolute Gasteiger partial charge is 0.368 e. The van der Waals surface area contributed by atoms with Crippen molar-refractivity contribution >= 4 is 16.7 Å². The molecule has 0 radical (unpaired) electrons. The minimum absolute atomic E-state index is 0.214. The lowest BCUT2D eigenvalue weighted by molar-refractivity contribution is -0.0957. The molecule has 1 heterocycles. The summed E-state index contributed by atoms with van der Waals surface area (Å²) in [6.45, 7) is 1.79. The molecule has 0 aliphatic carbocycles. The van der Waals surface area contributed by atoms with Crippen LogP contribution in [0, 0.1) is 6.92 Å². The molecule has 0 aliphatic heterocycles. The molecule has 1 aromatic heterocycles. The molecule has 0 fully saturated rings. The molecule has 0 aliphatic rings. The van der Waals surface area contributed by atoms with Crippen molar-refractivity contribution in [2.24, 2.45) is 0 Å². The van der Waals surface area contributed by atoms with E-state index >= 15 is 0 Å². The van der Waals surface area contributed by atoms with Crippen LogP contribution in [0.25, 0.3) is 10.9 Å². The van der Waals surface area contributed by atoms with Crippen LogP contribution in [0.2, 0.25) is 0 Å². The average Bonchev–Trinajstić information content (AvgIpc) is 2.70. The third kappa shape index (κ3) is 1.87. The predicted octanol–water partition coefficient (Wildman–Crippen LogP) is 3.56. The summed E-state index contributed by atoms with van der Waals surface area (Å²) in [5, 5.41) is 0.214. The number of rotatable bonds is 3. The van der Waals surface area contributed by atoms with Crippen LogP contribution in [0.3, 0.4) is 0 Å². The van der Waals surface area contributed by atoms with E-state index in [0.29, 0.717) is 5.52 Å². The fraction of sp³-hybridized carbons (Fsp3) is 0.250. The molecule has 0 unspecified atom stereocenters. The Morgan fingerprint density at radius 1 is 1.33 bits per heavy atom. The van der Waals surface area contributed by atoms with Crippen LogP contribution < -0.4 is 0 Å². The number of aromatic nitrogens is 1. The van der Waals surface area contributed by atoms with Crippen molar-refractivity contribution in [2.75, 3.05) is 0 Å². The van der Waals surface area contributed by atoms with Crippen LogP contribution in [-0.4, -0.2) is 23.1 Å². The Morgan fingerprint density at radius 2 is 2.00 bits per heavy atom. The van der Waals surface area contributed by atoms with E-state index in [2.05, 4.69) is 4.98 Å². The predicted molar refractivity (Wildman–Crippen MR) is 58.3 cm³/mol. The van der Waals surface area contributed by atoms with Gasteiger partial charge in [-0.3, -0.25) is 4.79 Å². The summed E-state index contributed by atoms with van der Waals surface area (Å²) in [4.78, 5) is 14.0. The number of hydrogen-bond donors (Lipinski definition) is 1. The van der Waals surface area contributed by atoms with Crippen molar-refractivity contribution in [1.29, 1.82) is 0 Å². The molecule has 0 bridgehead atoms.